The predicted octanol–water partition coefficient (Wildman–Crippen LogP) is 13.0. The van der Waals surface area contributed by atoms with Crippen molar-refractivity contribution < 1.29 is 0 Å². The first-order chi connectivity index (χ1) is 19.1. The number of hydrogen-bond donors (Lipinski definition) is 0. The van der Waals surface area contributed by atoms with Gasteiger partial charge in [0, 0.05) is 0 Å². The highest BCUT2D eigenvalue weighted by molar-refractivity contribution is 5.64. The number of rotatable bonds is 15. The summed E-state index contributed by atoms with van der Waals surface area (Å²) in [6.45, 7) is 7.19. The Morgan fingerprint density at radius 3 is 1.51 bits per heavy atom. The van der Waals surface area contributed by atoms with E-state index in [1.165, 1.54) is 140 Å². The Morgan fingerprint density at radius 2 is 1.00 bits per heavy atom. The van der Waals surface area contributed by atoms with Crippen LogP contribution in [-0.2, 0) is 0 Å². The molecule has 0 nitrogen and oxygen atoms in total. The highest BCUT2D eigenvalue weighted by Gasteiger charge is 2.31. The van der Waals surface area contributed by atoms with Crippen molar-refractivity contribution in [2.45, 2.75) is 161 Å². The third kappa shape index (κ3) is 9.50. The molecule has 0 heteroatoms. The second-order valence-corrected chi connectivity index (χ2v) is 13.9. The van der Waals surface area contributed by atoms with Crippen molar-refractivity contribution in [1.29, 1.82) is 0 Å². The maximum Gasteiger partial charge on any atom is -0.0162 e. The maximum absolute atomic E-state index is 2.57. The quantitative estimate of drug-likeness (QED) is 0.202. The molecule has 0 bridgehead atoms. The molecule has 2 fully saturated rings. The Morgan fingerprint density at radius 1 is 0.538 bits per heavy atom. The molecular formula is C39H60. The van der Waals surface area contributed by atoms with E-state index in [4.69, 9.17) is 0 Å². The van der Waals surface area contributed by atoms with Crippen molar-refractivity contribution >= 4 is 0 Å². The van der Waals surface area contributed by atoms with E-state index < -0.39 is 0 Å². The average molecular weight is 529 g/mol. The fraction of sp³-hybridized carbons (Fsp3) is 0.692. The van der Waals surface area contributed by atoms with E-state index >= 15 is 0 Å². The van der Waals surface area contributed by atoms with Crippen molar-refractivity contribution in [1.82, 2.24) is 0 Å². The van der Waals surface area contributed by atoms with Crippen LogP contribution in [0.3, 0.4) is 0 Å². The van der Waals surface area contributed by atoms with Crippen LogP contribution < -0.4 is 0 Å². The molecule has 216 valence electrons. The third-order valence-electron chi connectivity index (χ3n) is 10.7. The molecule has 0 aromatic heterocycles. The molecule has 39 heavy (non-hydrogen) atoms. The van der Waals surface area contributed by atoms with Gasteiger partial charge >= 0.3 is 0 Å². The van der Waals surface area contributed by atoms with Crippen LogP contribution in [0, 0.1) is 11.3 Å². The lowest BCUT2D eigenvalue weighted by Crippen LogP contribution is -2.23. The molecule has 2 aliphatic rings. The summed E-state index contributed by atoms with van der Waals surface area (Å²) in [5.41, 5.74) is 6.50. The summed E-state index contributed by atoms with van der Waals surface area (Å²) in [5.74, 6) is 2.54. The van der Waals surface area contributed by atoms with Crippen LogP contribution in [0.2, 0.25) is 0 Å². The van der Waals surface area contributed by atoms with Gasteiger partial charge < -0.3 is 0 Å². The minimum Gasteiger partial charge on any atom is -0.0654 e. The van der Waals surface area contributed by atoms with E-state index in [0.717, 1.165) is 17.8 Å². The first kappa shape index (κ1) is 30.4. The van der Waals surface area contributed by atoms with E-state index in [1.54, 1.807) is 11.1 Å². The number of hydrogen-bond acceptors (Lipinski definition) is 0. The minimum atomic E-state index is 0.595. The van der Waals surface area contributed by atoms with Gasteiger partial charge in [-0.3, -0.25) is 0 Å². The highest BCUT2D eigenvalue weighted by atomic mass is 14.4. The van der Waals surface area contributed by atoms with Gasteiger partial charge in [0.1, 0.15) is 0 Å². The number of benzene rings is 2. The molecule has 2 aromatic rings. The molecule has 2 aromatic carbocycles. The molecule has 0 unspecified atom stereocenters. The summed E-state index contributed by atoms with van der Waals surface area (Å²) < 4.78 is 0. The Bertz CT molecular complexity index is 904. The summed E-state index contributed by atoms with van der Waals surface area (Å²) in [6.07, 6.45) is 28.4. The summed E-state index contributed by atoms with van der Waals surface area (Å²) in [7, 11) is 0. The lowest BCUT2D eigenvalue weighted by atomic mass is 9.68. The summed E-state index contributed by atoms with van der Waals surface area (Å²) in [4.78, 5) is 0. The number of unbranched alkanes of at least 4 members (excludes halogenated alkanes) is 8. The normalized spacial score (nSPS) is 25.6. The topological polar surface area (TPSA) is 0 Å². The molecule has 0 atom stereocenters. The first-order valence-electron chi connectivity index (χ1n) is 17.3. The highest BCUT2D eigenvalue weighted by Crippen LogP contribution is 2.46. The molecule has 2 saturated carbocycles. The molecular weight excluding hydrogens is 468 g/mol. The van der Waals surface area contributed by atoms with Gasteiger partial charge in [-0.15, -0.1) is 0 Å². The molecule has 0 spiro atoms. The zero-order valence-corrected chi connectivity index (χ0v) is 26.0. The fourth-order valence-electron chi connectivity index (χ4n) is 7.77. The van der Waals surface area contributed by atoms with Crippen LogP contribution >= 0.6 is 0 Å². The Kier molecular flexibility index (Phi) is 12.5. The van der Waals surface area contributed by atoms with Crippen molar-refractivity contribution in [3.8, 4) is 11.1 Å². The van der Waals surface area contributed by atoms with Crippen LogP contribution in [0.1, 0.15) is 172 Å². The smallest absolute Gasteiger partial charge is 0.0162 e. The second kappa shape index (κ2) is 16.0. The lowest BCUT2D eigenvalue weighted by Gasteiger charge is -2.38. The van der Waals surface area contributed by atoms with Gasteiger partial charge in [0.25, 0.3) is 0 Å². The first-order valence-corrected chi connectivity index (χ1v) is 17.3. The summed E-state index contributed by atoms with van der Waals surface area (Å²) in [6, 6.07) is 19.3. The summed E-state index contributed by atoms with van der Waals surface area (Å²) >= 11 is 0. The van der Waals surface area contributed by atoms with Gasteiger partial charge in [0.2, 0.25) is 0 Å². The van der Waals surface area contributed by atoms with Crippen molar-refractivity contribution in [3.63, 3.8) is 0 Å². The van der Waals surface area contributed by atoms with E-state index in [1.807, 2.05) is 0 Å². The lowest BCUT2D eigenvalue weighted by molar-refractivity contribution is 0.177. The second-order valence-electron chi connectivity index (χ2n) is 13.9. The molecule has 4 rings (SSSR count). The zero-order valence-electron chi connectivity index (χ0n) is 26.0. The van der Waals surface area contributed by atoms with E-state index in [0.29, 0.717) is 5.41 Å². The van der Waals surface area contributed by atoms with Gasteiger partial charge in [-0.2, -0.15) is 0 Å². The van der Waals surface area contributed by atoms with E-state index in [2.05, 4.69) is 69.3 Å². The molecule has 0 heterocycles. The van der Waals surface area contributed by atoms with Gasteiger partial charge in [-0.05, 0) is 103 Å². The van der Waals surface area contributed by atoms with Crippen LogP contribution in [0.25, 0.3) is 11.1 Å². The van der Waals surface area contributed by atoms with Gasteiger partial charge in [-0.25, -0.2) is 0 Å². The largest absolute Gasteiger partial charge is 0.0654 e. The Balaban J connectivity index is 1.20. The molecule has 0 aliphatic heterocycles. The van der Waals surface area contributed by atoms with Gasteiger partial charge in [0.05, 0.1) is 0 Å². The van der Waals surface area contributed by atoms with Gasteiger partial charge in [0.15, 0.2) is 0 Å². The van der Waals surface area contributed by atoms with Crippen molar-refractivity contribution in [2.24, 2.45) is 11.3 Å². The fourth-order valence-corrected chi connectivity index (χ4v) is 7.77. The monoisotopic (exact) mass is 528 g/mol. The van der Waals surface area contributed by atoms with E-state index in [9.17, 15) is 0 Å². The van der Waals surface area contributed by atoms with Crippen molar-refractivity contribution in [3.05, 3.63) is 59.7 Å². The van der Waals surface area contributed by atoms with Crippen LogP contribution in [0.4, 0.5) is 0 Å². The maximum atomic E-state index is 2.57. The SMILES string of the molecule is CCCCCCCC1CCC(c2ccc(-c3ccc(C4CCC(C)(CCCCCCC)CC4)cc3)cc2)CC1. The van der Waals surface area contributed by atoms with Crippen LogP contribution in [-0.4, -0.2) is 0 Å². The van der Waals surface area contributed by atoms with Crippen LogP contribution in [0.5, 0.6) is 0 Å². The molecule has 0 N–H and O–H groups in total. The van der Waals surface area contributed by atoms with Gasteiger partial charge in [-0.1, -0.05) is 140 Å². The average Bonchev–Trinajstić information content (AvgIpc) is 2.98. The third-order valence-corrected chi connectivity index (χ3v) is 10.7. The predicted molar refractivity (Wildman–Crippen MR) is 173 cm³/mol. The minimum absolute atomic E-state index is 0.595. The Labute approximate surface area is 242 Å². The molecule has 0 amide bonds. The standard InChI is InChI=1S/C39H60/c1-4-6-8-10-12-14-32-15-17-33(18-16-32)34-19-21-35(22-20-34)36-23-25-37(26-24-36)38-27-30-39(3,31-28-38)29-13-11-9-7-5-2/h19-26,32-33,38H,4-18,27-31H2,1-3H3. The molecule has 2 aliphatic carbocycles. The Hall–Kier alpha value is -1.56. The molecule has 0 radical (unpaired) electrons. The zero-order chi connectivity index (χ0) is 27.3. The molecule has 0 saturated heterocycles. The van der Waals surface area contributed by atoms with E-state index in [-0.39, 0.29) is 0 Å². The van der Waals surface area contributed by atoms with Crippen molar-refractivity contribution in [2.75, 3.05) is 0 Å². The summed E-state index contributed by atoms with van der Waals surface area (Å²) in [5, 5.41) is 0. The van der Waals surface area contributed by atoms with Crippen LogP contribution in [0.15, 0.2) is 48.5 Å².